The maximum absolute atomic E-state index is 5.61. The number of nitrogens with zero attached hydrogens (tertiary/aromatic N) is 1. The van der Waals surface area contributed by atoms with E-state index in [4.69, 9.17) is 4.74 Å². The van der Waals surface area contributed by atoms with Crippen molar-refractivity contribution in [3.05, 3.63) is 24.3 Å². The Morgan fingerprint density at radius 3 is 2.31 bits per heavy atom. The third-order valence-corrected chi connectivity index (χ3v) is 2.12. The zero-order chi connectivity index (χ0) is 12.0. The first-order chi connectivity index (χ1) is 7.58. The molecule has 3 heteroatoms. The van der Waals surface area contributed by atoms with Gasteiger partial charge in [0.25, 0.3) is 0 Å². The Morgan fingerprint density at radius 1 is 1.19 bits per heavy atom. The standard InChI is InChI=1S/C13H22N2O/c1-11(2)14-12-5-7-13(8-6-12)16-10-9-15(3)4/h5-8,11,14H,9-10H2,1-4H3. The van der Waals surface area contributed by atoms with Crippen molar-refractivity contribution < 1.29 is 4.74 Å². The van der Waals surface area contributed by atoms with E-state index in [0.717, 1.165) is 24.6 Å². The second-order valence-electron chi connectivity index (χ2n) is 4.48. The molecule has 0 amide bonds. The van der Waals surface area contributed by atoms with E-state index in [2.05, 4.69) is 24.1 Å². The molecule has 1 aromatic carbocycles. The van der Waals surface area contributed by atoms with Gasteiger partial charge in [0, 0.05) is 18.3 Å². The van der Waals surface area contributed by atoms with Crippen LogP contribution >= 0.6 is 0 Å². The quantitative estimate of drug-likeness (QED) is 0.800. The average Bonchev–Trinajstić information content (AvgIpc) is 2.19. The van der Waals surface area contributed by atoms with Crippen LogP contribution in [0.3, 0.4) is 0 Å². The van der Waals surface area contributed by atoms with Crippen molar-refractivity contribution in [3.63, 3.8) is 0 Å². The van der Waals surface area contributed by atoms with Gasteiger partial charge in [0.2, 0.25) is 0 Å². The second-order valence-corrected chi connectivity index (χ2v) is 4.48. The predicted molar refractivity (Wildman–Crippen MR) is 69.2 cm³/mol. The molecule has 0 unspecified atom stereocenters. The fraction of sp³-hybridized carbons (Fsp3) is 0.538. The summed E-state index contributed by atoms with van der Waals surface area (Å²) in [4.78, 5) is 2.11. The number of nitrogens with one attached hydrogen (secondary N) is 1. The SMILES string of the molecule is CC(C)Nc1ccc(OCCN(C)C)cc1. The minimum Gasteiger partial charge on any atom is -0.492 e. The zero-order valence-corrected chi connectivity index (χ0v) is 10.7. The van der Waals surface area contributed by atoms with E-state index in [1.165, 1.54) is 0 Å². The van der Waals surface area contributed by atoms with Crippen LogP contribution in [0, 0.1) is 0 Å². The molecule has 0 fully saturated rings. The summed E-state index contributed by atoms with van der Waals surface area (Å²) in [7, 11) is 4.08. The van der Waals surface area contributed by atoms with Crippen LogP contribution in [0.5, 0.6) is 5.75 Å². The molecule has 0 aliphatic rings. The number of hydrogen-bond donors (Lipinski definition) is 1. The molecule has 0 atom stereocenters. The fourth-order valence-electron chi connectivity index (χ4n) is 1.33. The largest absolute Gasteiger partial charge is 0.492 e. The summed E-state index contributed by atoms with van der Waals surface area (Å²) in [5.41, 5.74) is 1.13. The van der Waals surface area contributed by atoms with E-state index in [9.17, 15) is 0 Å². The smallest absolute Gasteiger partial charge is 0.119 e. The predicted octanol–water partition coefficient (Wildman–Crippen LogP) is 2.45. The van der Waals surface area contributed by atoms with Gasteiger partial charge in [0.1, 0.15) is 12.4 Å². The molecule has 1 N–H and O–H groups in total. The van der Waals surface area contributed by atoms with Crippen LogP contribution in [0.4, 0.5) is 5.69 Å². The number of benzene rings is 1. The zero-order valence-electron chi connectivity index (χ0n) is 10.7. The summed E-state index contributed by atoms with van der Waals surface area (Å²) in [6.07, 6.45) is 0. The van der Waals surface area contributed by atoms with Gasteiger partial charge in [0.05, 0.1) is 0 Å². The molecule has 3 nitrogen and oxygen atoms in total. The van der Waals surface area contributed by atoms with Crippen LogP contribution in [0.25, 0.3) is 0 Å². The third kappa shape index (κ3) is 5.03. The maximum Gasteiger partial charge on any atom is 0.119 e. The molecular weight excluding hydrogens is 200 g/mol. The molecule has 0 spiro atoms. The van der Waals surface area contributed by atoms with Crippen molar-refractivity contribution in [1.82, 2.24) is 4.90 Å². The topological polar surface area (TPSA) is 24.5 Å². The minimum atomic E-state index is 0.459. The van der Waals surface area contributed by atoms with Crippen LogP contribution < -0.4 is 10.1 Å². The summed E-state index contributed by atoms with van der Waals surface area (Å²) in [6.45, 7) is 5.92. The van der Waals surface area contributed by atoms with Gasteiger partial charge in [-0.1, -0.05) is 0 Å². The Kier molecular flexibility index (Phi) is 5.12. The molecule has 1 rings (SSSR count). The molecule has 16 heavy (non-hydrogen) atoms. The van der Waals surface area contributed by atoms with Crippen molar-refractivity contribution in [2.24, 2.45) is 0 Å². The molecule has 1 aromatic rings. The number of anilines is 1. The molecule has 0 aromatic heterocycles. The van der Waals surface area contributed by atoms with Crippen molar-refractivity contribution in [3.8, 4) is 5.75 Å². The lowest BCUT2D eigenvalue weighted by atomic mass is 10.2. The number of rotatable bonds is 6. The van der Waals surface area contributed by atoms with Gasteiger partial charge in [0.15, 0.2) is 0 Å². The summed E-state index contributed by atoms with van der Waals surface area (Å²) >= 11 is 0. The molecule has 0 aliphatic carbocycles. The van der Waals surface area contributed by atoms with Gasteiger partial charge >= 0.3 is 0 Å². The van der Waals surface area contributed by atoms with Gasteiger partial charge in [-0.3, -0.25) is 0 Å². The van der Waals surface area contributed by atoms with Gasteiger partial charge in [-0.15, -0.1) is 0 Å². The average molecular weight is 222 g/mol. The molecule has 0 aliphatic heterocycles. The van der Waals surface area contributed by atoms with Crippen LogP contribution in [-0.2, 0) is 0 Å². The van der Waals surface area contributed by atoms with E-state index in [1.54, 1.807) is 0 Å². The normalized spacial score (nSPS) is 10.9. The van der Waals surface area contributed by atoms with E-state index < -0.39 is 0 Å². The van der Waals surface area contributed by atoms with Crippen LogP contribution in [0.1, 0.15) is 13.8 Å². The van der Waals surface area contributed by atoms with Gasteiger partial charge in [-0.05, 0) is 52.2 Å². The van der Waals surface area contributed by atoms with Crippen molar-refractivity contribution in [2.75, 3.05) is 32.6 Å². The van der Waals surface area contributed by atoms with Crippen LogP contribution in [0.2, 0.25) is 0 Å². The lowest BCUT2D eigenvalue weighted by Crippen LogP contribution is -2.19. The highest BCUT2D eigenvalue weighted by Gasteiger charge is 1.97. The first-order valence-electron chi connectivity index (χ1n) is 5.72. The monoisotopic (exact) mass is 222 g/mol. The van der Waals surface area contributed by atoms with Crippen LogP contribution in [-0.4, -0.2) is 38.2 Å². The lowest BCUT2D eigenvalue weighted by Gasteiger charge is -2.12. The van der Waals surface area contributed by atoms with Crippen molar-refractivity contribution in [1.29, 1.82) is 0 Å². The first-order valence-corrected chi connectivity index (χ1v) is 5.72. The molecule has 0 saturated carbocycles. The summed E-state index contributed by atoms with van der Waals surface area (Å²) in [5.74, 6) is 0.927. The maximum atomic E-state index is 5.61. The molecular formula is C13H22N2O. The Bertz CT molecular complexity index is 293. The summed E-state index contributed by atoms with van der Waals surface area (Å²) in [6, 6.07) is 8.55. The Morgan fingerprint density at radius 2 is 1.81 bits per heavy atom. The number of likely N-dealkylation sites (N-methyl/N-ethyl adjacent to an activating group) is 1. The van der Waals surface area contributed by atoms with Gasteiger partial charge in [-0.25, -0.2) is 0 Å². The Labute approximate surface area is 98.4 Å². The molecule has 90 valence electrons. The Balaban J connectivity index is 2.39. The number of ether oxygens (including phenoxy) is 1. The summed E-state index contributed by atoms with van der Waals surface area (Å²) in [5, 5.41) is 3.34. The lowest BCUT2D eigenvalue weighted by molar-refractivity contribution is 0.261. The van der Waals surface area contributed by atoms with Crippen molar-refractivity contribution in [2.45, 2.75) is 19.9 Å². The highest BCUT2D eigenvalue weighted by Crippen LogP contribution is 2.16. The second kappa shape index (κ2) is 6.38. The highest BCUT2D eigenvalue weighted by atomic mass is 16.5. The van der Waals surface area contributed by atoms with Gasteiger partial charge < -0.3 is 15.0 Å². The van der Waals surface area contributed by atoms with Gasteiger partial charge in [-0.2, -0.15) is 0 Å². The van der Waals surface area contributed by atoms with Crippen molar-refractivity contribution >= 4 is 5.69 Å². The molecule has 0 saturated heterocycles. The van der Waals surface area contributed by atoms with E-state index >= 15 is 0 Å². The fourth-order valence-corrected chi connectivity index (χ4v) is 1.33. The Hall–Kier alpha value is -1.22. The minimum absolute atomic E-state index is 0.459. The molecule has 0 heterocycles. The molecule has 0 radical (unpaired) electrons. The summed E-state index contributed by atoms with van der Waals surface area (Å²) < 4.78 is 5.61. The first kappa shape index (κ1) is 12.8. The van der Waals surface area contributed by atoms with E-state index in [1.807, 2.05) is 38.4 Å². The van der Waals surface area contributed by atoms with Crippen LogP contribution in [0.15, 0.2) is 24.3 Å². The highest BCUT2D eigenvalue weighted by molar-refractivity contribution is 5.46. The number of hydrogen-bond acceptors (Lipinski definition) is 3. The third-order valence-electron chi connectivity index (χ3n) is 2.12. The van der Waals surface area contributed by atoms with E-state index in [0.29, 0.717) is 6.04 Å². The molecule has 0 bridgehead atoms. The van der Waals surface area contributed by atoms with E-state index in [-0.39, 0.29) is 0 Å².